The van der Waals surface area contributed by atoms with Gasteiger partial charge in [0.05, 0.1) is 11.6 Å². The Labute approximate surface area is 129 Å². The first-order chi connectivity index (χ1) is 10.1. The van der Waals surface area contributed by atoms with Crippen LogP contribution in [-0.4, -0.2) is 10.1 Å². The molecular formula is C18H16ClNO. The molecule has 3 aromatic rings. The summed E-state index contributed by atoms with van der Waals surface area (Å²) in [6.45, 7) is 1.98. The van der Waals surface area contributed by atoms with Crippen LogP contribution in [0.5, 0.6) is 0 Å². The van der Waals surface area contributed by atoms with Crippen LogP contribution < -0.4 is 0 Å². The molecule has 3 rings (SSSR count). The van der Waals surface area contributed by atoms with Gasteiger partial charge in [-0.15, -0.1) is 0 Å². The molecule has 0 aliphatic carbocycles. The van der Waals surface area contributed by atoms with Crippen LogP contribution in [0.3, 0.4) is 0 Å². The maximum absolute atomic E-state index is 10.5. The first-order valence-corrected chi connectivity index (χ1v) is 7.29. The number of aliphatic hydroxyl groups is 1. The Morgan fingerprint density at radius 2 is 1.95 bits per heavy atom. The molecule has 1 heterocycles. The predicted octanol–water partition coefficient (Wildman–Crippen LogP) is 4.47. The smallest absolute Gasteiger partial charge is 0.0831 e. The molecule has 2 nitrogen and oxygen atoms in total. The normalized spacial score (nSPS) is 12.5. The average molecular weight is 298 g/mol. The van der Waals surface area contributed by atoms with Crippen molar-refractivity contribution in [2.45, 2.75) is 19.4 Å². The number of halogens is 1. The predicted molar refractivity (Wildman–Crippen MR) is 86.6 cm³/mol. The molecule has 0 bridgehead atoms. The van der Waals surface area contributed by atoms with Crippen molar-refractivity contribution in [1.29, 1.82) is 0 Å². The van der Waals surface area contributed by atoms with Crippen LogP contribution in [0.15, 0.2) is 54.7 Å². The number of benzene rings is 2. The highest BCUT2D eigenvalue weighted by Gasteiger charge is 2.12. The van der Waals surface area contributed by atoms with Crippen molar-refractivity contribution >= 4 is 22.5 Å². The molecule has 21 heavy (non-hydrogen) atoms. The third-order valence-electron chi connectivity index (χ3n) is 3.60. The van der Waals surface area contributed by atoms with Crippen molar-refractivity contribution in [3.8, 4) is 0 Å². The number of aryl methyl sites for hydroxylation is 1. The number of para-hydroxylation sites is 1. The van der Waals surface area contributed by atoms with Crippen LogP contribution in [-0.2, 0) is 6.42 Å². The molecule has 1 aromatic heterocycles. The van der Waals surface area contributed by atoms with Gasteiger partial charge in [0.2, 0.25) is 0 Å². The number of pyridine rings is 1. The third kappa shape index (κ3) is 3.07. The fraction of sp³-hybridized carbons (Fsp3) is 0.167. The third-order valence-corrected chi connectivity index (χ3v) is 3.82. The zero-order valence-corrected chi connectivity index (χ0v) is 12.5. The van der Waals surface area contributed by atoms with Gasteiger partial charge in [-0.2, -0.15) is 0 Å². The van der Waals surface area contributed by atoms with E-state index in [0.717, 1.165) is 27.6 Å². The van der Waals surface area contributed by atoms with Crippen LogP contribution in [0.2, 0.25) is 5.02 Å². The molecule has 1 atom stereocenters. The highest BCUT2D eigenvalue weighted by atomic mass is 35.5. The summed E-state index contributed by atoms with van der Waals surface area (Å²) in [5, 5.41) is 12.2. The molecule has 106 valence electrons. The minimum absolute atomic E-state index is 0.544. The van der Waals surface area contributed by atoms with Gasteiger partial charge < -0.3 is 5.11 Å². The summed E-state index contributed by atoms with van der Waals surface area (Å²) in [4.78, 5) is 4.35. The summed E-state index contributed by atoms with van der Waals surface area (Å²) >= 11 is 6.07. The molecular weight excluding hydrogens is 282 g/mol. The first-order valence-electron chi connectivity index (χ1n) is 6.91. The molecule has 0 spiro atoms. The van der Waals surface area contributed by atoms with E-state index in [2.05, 4.69) is 4.98 Å². The summed E-state index contributed by atoms with van der Waals surface area (Å²) in [5.74, 6) is 0. The number of fused-ring (bicyclic) bond motifs is 1. The molecule has 0 aliphatic rings. The number of aliphatic hydroxyl groups excluding tert-OH is 1. The van der Waals surface area contributed by atoms with Gasteiger partial charge in [-0.05, 0) is 47.9 Å². The van der Waals surface area contributed by atoms with E-state index in [9.17, 15) is 5.11 Å². The van der Waals surface area contributed by atoms with Gasteiger partial charge in [-0.1, -0.05) is 35.9 Å². The Hall–Kier alpha value is -1.90. The zero-order valence-electron chi connectivity index (χ0n) is 11.8. The number of aromatic nitrogens is 1. The van der Waals surface area contributed by atoms with E-state index in [1.54, 1.807) is 6.20 Å². The van der Waals surface area contributed by atoms with Crippen LogP contribution in [0.25, 0.3) is 10.9 Å². The standard InChI is InChI=1S/C18H16ClNO/c1-12-8-14(10-15(19)9-12)18(21)11-13-6-7-20-17-5-3-2-4-16(13)17/h2-10,18,21H,11H2,1H3. The van der Waals surface area contributed by atoms with Gasteiger partial charge in [-0.3, -0.25) is 4.98 Å². The lowest BCUT2D eigenvalue weighted by molar-refractivity contribution is 0.179. The van der Waals surface area contributed by atoms with E-state index in [4.69, 9.17) is 11.6 Å². The Morgan fingerprint density at radius 3 is 2.76 bits per heavy atom. The van der Waals surface area contributed by atoms with E-state index in [0.29, 0.717) is 11.4 Å². The highest BCUT2D eigenvalue weighted by molar-refractivity contribution is 6.30. The van der Waals surface area contributed by atoms with E-state index >= 15 is 0 Å². The van der Waals surface area contributed by atoms with E-state index in [-0.39, 0.29) is 0 Å². The van der Waals surface area contributed by atoms with Crippen molar-refractivity contribution in [3.05, 3.63) is 76.4 Å². The van der Waals surface area contributed by atoms with Crippen molar-refractivity contribution < 1.29 is 5.11 Å². The minimum Gasteiger partial charge on any atom is -0.388 e. The molecule has 0 radical (unpaired) electrons. The Bertz CT molecular complexity index is 760. The van der Waals surface area contributed by atoms with Crippen LogP contribution in [0.4, 0.5) is 0 Å². The van der Waals surface area contributed by atoms with Gasteiger partial charge >= 0.3 is 0 Å². The second-order valence-electron chi connectivity index (χ2n) is 5.27. The molecule has 0 amide bonds. The summed E-state index contributed by atoms with van der Waals surface area (Å²) in [6, 6.07) is 15.6. The molecule has 3 heteroatoms. The maximum atomic E-state index is 10.5. The SMILES string of the molecule is Cc1cc(Cl)cc(C(O)Cc2ccnc3ccccc23)c1. The number of hydrogen-bond donors (Lipinski definition) is 1. The molecule has 1 unspecified atom stereocenters. The molecule has 0 aliphatic heterocycles. The van der Waals surface area contributed by atoms with Crippen molar-refractivity contribution in [2.75, 3.05) is 0 Å². The number of nitrogens with zero attached hydrogens (tertiary/aromatic N) is 1. The minimum atomic E-state index is -0.576. The number of hydrogen-bond acceptors (Lipinski definition) is 2. The summed E-state index contributed by atoms with van der Waals surface area (Å²) in [7, 11) is 0. The number of rotatable bonds is 3. The Morgan fingerprint density at radius 1 is 1.14 bits per heavy atom. The van der Waals surface area contributed by atoms with Gasteiger partial charge in [0, 0.05) is 23.0 Å². The van der Waals surface area contributed by atoms with Crippen molar-refractivity contribution in [2.24, 2.45) is 0 Å². The molecule has 2 aromatic carbocycles. The summed E-state index contributed by atoms with van der Waals surface area (Å²) in [6.07, 6.45) is 1.75. The molecule has 1 N–H and O–H groups in total. The molecule has 0 fully saturated rings. The van der Waals surface area contributed by atoms with Crippen molar-refractivity contribution in [1.82, 2.24) is 4.98 Å². The van der Waals surface area contributed by atoms with E-state index < -0.39 is 6.10 Å². The van der Waals surface area contributed by atoms with Crippen LogP contribution in [0, 0.1) is 6.92 Å². The zero-order chi connectivity index (χ0) is 14.8. The monoisotopic (exact) mass is 297 g/mol. The lowest BCUT2D eigenvalue weighted by Crippen LogP contribution is -2.03. The van der Waals surface area contributed by atoms with E-state index in [1.165, 1.54) is 0 Å². The summed E-state index contributed by atoms with van der Waals surface area (Å²) in [5.41, 5.74) is 3.94. The van der Waals surface area contributed by atoms with Crippen LogP contribution >= 0.6 is 11.6 Å². The first kappa shape index (κ1) is 14.1. The molecule has 0 saturated heterocycles. The highest BCUT2D eigenvalue weighted by Crippen LogP contribution is 2.26. The second-order valence-corrected chi connectivity index (χ2v) is 5.71. The van der Waals surface area contributed by atoms with Gasteiger partial charge in [-0.25, -0.2) is 0 Å². The van der Waals surface area contributed by atoms with E-state index in [1.807, 2.05) is 55.5 Å². The van der Waals surface area contributed by atoms with Gasteiger partial charge in [0.25, 0.3) is 0 Å². The van der Waals surface area contributed by atoms with Crippen LogP contribution in [0.1, 0.15) is 22.8 Å². The Balaban J connectivity index is 1.94. The second kappa shape index (κ2) is 5.84. The fourth-order valence-electron chi connectivity index (χ4n) is 2.62. The summed E-state index contributed by atoms with van der Waals surface area (Å²) < 4.78 is 0. The van der Waals surface area contributed by atoms with Gasteiger partial charge in [0.1, 0.15) is 0 Å². The lowest BCUT2D eigenvalue weighted by Gasteiger charge is -2.14. The largest absolute Gasteiger partial charge is 0.388 e. The fourth-order valence-corrected chi connectivity index (χ4v) is 2.91. The molecule has 0 saturated carbocycles. The lowest BCUT2D eigenvalue weighted by atomic mass is 9.98. The Kier molecular flexibility index (Phi) is 3.91. The average Bonchev–Trinajstić information content (AvgIpc) is 2.46. The quantitative estimate of drug-likeness (QED) is 0.773. The van der Waals surface area contributed by atoms with Gasteiger partial charge in [0.15, 0.2) is 0 Å². The topological polar surface area (TPSA) is 33.1 Å². The maximum Gasteiger partial charge on any atom is 0.0831 e. The van der Waals surface area contributed by atoms with Crippen molar-refractivity contribution in [3.63, 3.8) is 0 Å².